The Bertz CT molecular complexity index is 992. The summed E-state index contributed by atoms with van der Waals surface area (Å²) in [4.78, 5) is 12.5. The van der Waals surface area contributed by atoms with Gasteiger partial charge in [-0.25, -0.2) is 4.79 Å². The monoisotopic (exact) mass is 477 g/mol. The first-order chi connectivity index (χ1) is 17.2. The Balaban J connectivity index is 1.41. The summed E-state index contributed by atoms with van der Waals surface area (Å²) >= 11 is 0. The number of nitrogens with zero attached hydrogens (tertiary/aromatic N) is 1. The number of carbonyl (C=O) groups is 1. The zero-order valence-corrected chi connectivity index (χ0v) is 21.3. The zero-order chi connectivity index (χ0) is 24.7. The minimum absolute atomic E-state index is 0.393. The fourth-order valence-electron chi connectivity index (χ4n) is 3.91. The molecule has 0 saturated carbocycles. The first kappa shape index (κ1) is 26.5. The number of hydrogen-bond donors (Lipinski definition) is 0. The summed E-state index contributed by atoms with van der Waals surface area (Å²) in [5.74, 6) is 1.78. The molecule has 0 amide bonds. The molecule has 0 aliphatic rings. The van der Waals surface area contributed by atoms with Crippen LogP contribution >= 0.6 is 0 Å². The van der Waals surface area contributed by atoms with Gasteiger partial charge in [0.1, 0.15) is 23.0 Å². The first-order valence-electron chi connectivity index (χ1n) is 13.2. The lowest BCUT2D eigenvalue weighted by Crippen LogP contribution is -2.08. The predicted octanol–water partition coefficient (Wildman–Crippen LogP) is 8.42. The van der Waals surface area contributed by atoms with E-state index in [0.29, 0.717) is 17.9 Å². The van der Waals surface area contributed by atoms with Crippen molar-refractivity contribution in [2.45, 2.75) is 84.5 Å². The lowest BCUT2D eigenvalue weighted by atomic mass is 10.1. The maximum Gasteiger partial charge on any atom is 0.343 e. The van der Waals surface area contributed by atoms with Gasteiger partial charge in [-0.15, -0.1) is 0 Å². The number of esters is 1. The molecule has 2 aromatic carbocycles. The van der Waals surface area contributed by atoms with Crippen LogP contribution < -0.4 is 9.47 Å². The van der Waals surface area contributed by atoms with Crippen molar-refractivity contribution < 1.29 is 18.8 Å². The van der Waals surface area contributed by atoms with Crippen molar-refractivity contribution >= 4 is 5.97 Å². The molecule has 5 nitrogen and oxygen atoms in total. The van der Waals surface area contributed by atoms with E-state index in [-0.39, 0.29) is 0 Å². The summed E-state index contributed by atoms with van der Waals surface area (Å²) in [5.41, 5.74) is 2.21. The van der Waals surface area contributed by atoms with Gasteiger partial charge < -0.3 is 14.0 Å². The van der Waals surface area contributed by atoms with Gasteiger partial charge in [0.25, 0.3) is 0 Å². The van der Waals surface area contributed by atoms with Gasteiger partial charge >= 0.3 is 5.97 Å². The van der Waals surface area contributed by atoms with Gasteiger partial charge in [0.2, 0.25) is 0 Å². The predicted molar refractivity (Wildman–Crippen MR) is 140 cm³/mol. The van der Waals surface area contributed by atoms with Gasteiger partial charge in [-0.2, -0.15) is 0 Å². The van der Waals surface area contributed by atoms with Gasteiger partial charge in [0.05, 0.1) is 12.2 Å². The maximum absolute atomic E-state index is 12.5. The molecular weight excluding hydrogens is 438 g/mol. The molecule has 0 N–H and O–H groups in total. The van der Waals surface area contributed by atoms with E-state index in [1.54, 1.807) is 24.3 Å². The van der Waals surface area contributed by atoms with E-state index < -0.39 is 5.97 Å². The van der Waals surface area contributed by atoms with Crippen LogP contribution in [0, 0.1) is 0 Å². The Kier molecular flexibility index (Phi) is 11.4. The quantitative estimate of drug-likeness (QED) is 0.118. The van der Waals surface area contributed by atoms with Gasteiger partial charge in [-0.05, 0) is 61.4 Å². The Labute approximate surface area is 209 Å². The van der Waals surface area contributed by atoms with Gasteiger partial charge in [0.15, 0.2) is 0 Å². The van der Waals surface area contributed by atoms with Crippen LogP contribution in [-0.4, -0.2) is 17.7 Å². The highest BCUT2D eigenvalue weighted by Gasteiger charge is 2.11. The smallest absolute Gasteiger partial charge is 0.343 e. The van der Waals surface area contributed by atoms with Crippen LogP contribution in [0.1, 0.15) is 94.2 Å². The summed E-state index contributed by atoms with van der Waals surface area (Å²) in [6.45, 7) is 5.12. The van der Waals surface area contributed by atoms with Crippen LogP contribution in [0.2, 0.25) is 0 Å². The van der Waals surface area contributed by atoms with Crippen molar-refractivity contribution in [2.75, 3.05) is 6.61 Å². The molecule has 0 fully saturated rings. The highest BCUT2D eigenvalue weighted by atomic mass is 16.5. The molecule has 35 heavy (non-hydrogen) atoms. The number of hydrogen-bond acceptors (Lipinski definition) is 5. The standard InChI is InChI=1S/C30H39NO4/c1-3-5-7-8-9-10-12-22-33-26-18-16-25(17-19-26)30(32)34-27-20-14-24(15-21-27)29-23-28(35-31-29)13-11-6-4-2/h14-21,23H,3-13,22H2,1-2H3. The van der Waals surface area contributed by atoms with E-state index in [9.17, 15) is 4.79 Å². The summed E-state index contributed by atoms with van der Waals surface area (Å²) in [7, 11) is 0. The van der Waals surface area contributed by atoms with E-state index in [0.717, 1.165) is 42.0 Å². The van der Waals surface area contributed by atoms with Crippen LogP contribution in [0.15, 0.2) is 59.1 Å². The van der Waals surface area contributed by atoms with E-state index in [1.165, 1.54) is 51.4 Å². The third kappa shape index (κ3) is 9.23. The molecular formula is C30H39NO4. The molecule has 188 valence electrons. The molecule has 0 radical (unpaired) electrons. The minimum Gasteiger partial charge on any atom is -0.494 e. The number of carbonyl (C=O) groups excluding carboxylic acids is 1. The Morgan fingerprint density at radius 3 is 2.11 bits per heavy atom. The van der Waals surface area contributed by atoms with Crippen LogP contribution in [0.4, 0.5) is 0 Å². The summed E-state index contributed by atoms with van der Waals surface area (Å²) in [6.07, 6.45) is 13.2. The summed E-state index contributed by atoms with van der Waals surface area (Å²) < 4.78 is 16.8. The molecule has 0 atom stereocenters. The third-order valence-electron chi connectivity index (χ3n) is 6.05. The van der Waals surface area contributed by atoms with Crippen molar-refractivity contribution in [1.82, 2.24) is 5.16 Å². The number of aromatic nitrogens is 1. The maximum atomic E-state index is 12.5. The largest absolute Gasteiger partial charge is 0.494 e. The highest BCUT2D eigenvalue weighted by Crippen LogP contribution is 2.24. The molecule has 1 aromatic heterocycles. The topological polar surface area (TPSA) is 61.6 Å². The first-order valence-corrected chi connectivity index (χ1v) is 13.2. The minimum atomic E-state index is -0.393. The van der Waals surface area contributed by atoms with Crippen molar-refractivity contribution in [2.24, 2.45) is 0 Å². The molecule has 1 heterocycles. The van der Waals surface area contributed by atoms with Crippen LogP contribution in [0.25, 0.3) is 11.3 Å². The van der Waals surface area contributed by atoms with Crippen LogP contribution in [-0.2, 0) is 6.42 Å². The van der Waals surface area contributed by atoms with Gasteiger partial charge in [-0.3, -0.25) is 0 Å². The molecule has 0 saturated heterocycles. The lowest BCUT2D eigenvalue weighted by Gasteiger charge is -2.08. The van der Waals surface area contributed by atoms with Crippen molar-refractivity contribution in [3.63, 3.8) is 0 Å². The second-order valence-corrected chi connectivity index (χ2v) is 9.04. The zero-order valence-electron chi connectivity index (χ0n) is 21.3. The van der Waals surface area contributed by atoms with Gasteiger partial charge in [-0.1, -0.05) is 70.4 Å². The normalized spacial score (nSPS) is 10.9. The Morgan fingerprint density at radius 2 is 1.40 bits per heavy atom. The van der Waals surface area contributed by atoms with Crippen LogP contribution in [0.5, 0.6) is 11.5 Å². The molecule has 0 spiro atoms. The molecule has 0 aliphatic carbocycles. The molecule has 5 heteroatoms. The van der Waals surface area contributed by atoms with E-state index in [1.807, 2.05) is 30.3 Å². The second-order valence-electron chi connectivity index (χ2n) is 9.04. The number of ether oxygens (including phenoxy) is 2. The van der Waals surface area contributed by atoms with Gasteiger partial charge in [0, 0.05) is 18.1 Å². The molecule has 0 aliphatic heterocycles. The van der Waals surface area contributed by atoms with E-state index in [4.69, 9.17) is 14.0 Å². The molecule has 0 unspecified atom stereocenters. The molecule has 0 bridgehead atoms. The highest BCUT2D eigenvalue weighted by molar-refractivity contribution is 5.91. The van der Waals surface area contributed by atoms with E-state index in [2.05, 4.69) is 19.0 Å². The van der Waals surface area contributed by atoms with Crippen molar-refractivity contribution in [3.8, 4) is 22.8 Å². The summed E-state index contributed by atoms with van der Waals surface area (Å²) in [5, 5.41) is 4.16. The molecule has 3 rings (SSSR count). The fraction of sp³-hybridized carbons (Fsp3) is 0.467. The number of unbranched alkanes of at least 4 members (excludes halogenated alkanes) is 8. The fourth-order valence-corrected chi connectivity index (χ4v) is 3.91. The van der Waals surface area contributed by atoms with Crippen molar-refractivity contribution in [3.05, 3.63) is 65.9 Å². The second kappa shape index (κ2) is 15.0. The average molecular weight is 478 g/mol. The number of aryl methyl sites for hydroxylation is 1. The number of benzene rings is 2. The number of rotatable bonds is 16. The third-order valence-corrected chi connectivity index (χ3v) is 6.05. The Hall–Kier alpha value is -3.08. The van der Waals surface area contributed by atoms with Crippen LogP contribution in [0.3, 0.4) is 0 Å². The average Bonchev–Trinajstić information content (AvgIpc) is 3.35. The summed E-state index contributed by atoms with van der Waals surface area (Å²) in [6, 6.07) is 16.4. The Morgan fingerprint density at radius 1 is 0.771 bits per heavy atom. The van der Waals surface area contributed by atoms with E-state index >= 15 is 0 Å². The lowest BCUT2D eigenvalue weighted by molar-refractivity contribution is 0.0734. The molecule has 3 aromatic rings. The van der Waals surface area contributed by atoms with Crippen molar-refractivity contribution in [1.29, 1.82) is 0 Å². The SMILES string of the molecule is CCCCCCCCCOc1ccc(C(=O)Oc2ccc(-c3cc(CCCCC)on3)cc2)cc1.